The van der Waals surface area contributed by atoms with Crippen LogP contribution < -0.4 is 5.32 Å². The van der Waals surface area contributed by atoms with Crippen molar-refractivity contribution in [2.75, 3.05) is 6.54 Å². The van der Waals surface area contributed by atoms with E-state index < -0.39 is 0 Å². The van der Waals surface area contributed by atoms with Crippen molar-refractivity contribution in [3.63, 3.8) is 0 Å². The summed E-state index contributed by atoms with van der Waals surface area (Å²) in [5, 5.41) is 3.43. The van der Waals surface area contributed by atoms with Crippen LogP contribution in [0.25, 0.3) is 0 Å². The fourth-order valence-corrected chi connectivity index (χ4v) is 2.19. The number of hydrogen-bond donors (Lipinski definition) is 1. The largest absolute Gasteiger partial charge is 0.336 e. The molecule has 2 rings (SSSR count). The monoisotopic (exact) mass is 294 g/mol. The Morgan fingerprint density at radius 2 is 2.29 bits per heavy atom. The van der Waals surface area contributed by atoms with E-state index in [-0.39, 0.29) is 6.04 Å². The van der Waals surface area contributed by atoms with Crippen LogP contribution in [0.3, 0.4) is 0 Å². The van der Waals surface area contributed by atoms with E-state index in [4.69, 9.17) is 0 Å². The third-order valence-corrected chi connectivity index (χ3v) is 3.02. The van der Waals surface area contributed by atoms with Crippen LogP contribution in [-0.2, 0) is 7.05 Å². The SMILES string of the molecule is CCNC(c1cncc(Br)c1)c1nccn1C. The van der Waals surface area contributed by atoms with Gasteiger partial charge in [0, 0.05) is 36.3 Å². The average Bonchev–Trinajstić information content (AvgIpc) is 2.72. The Balaban J connectivity index is 2.39. The molecule has 0 bridgehead atoms. The molecule has 0 aromatic carbocycles. The summed E-state index contributed by atoms with van der Waals surface area (Å²) < 4.78 is 3.00. The number of aryl methyl sites for hydroxylation is 1. The van der Waals surface area contributed by atoms with Crippen molar-refractivity contribution in [3.8, 4) is 0 Å². The van der Waals surface area contributed by atoms with Gasteiger partial charge in [0.25, 0.3) is 0 Å². The molecule has 2 heterocycles. The summed E-state index contributed by atoms with van der Waals surface area (Å²) in [4.78, 5) is 8.60. The lowest BCUT2D eigenvalue weighted by molar-refractivity contribution is 0.575. The predicted octanol–water partition coefficient (Wildman–Crippen LogP) is 2.28. The highest BCUT2D eigenvalue weighted by Gasteiger charge is 2.17. The summed E-state index contributed by atoms with van der Waals surface area (Å²) >= 11 is 3.45. The fourth-order valence-electron chi connectivity index (χ4n) is 1.80. The van der Waals surface area contributed by atoms with E-state index in [9.17, 15) is 0 Å². The van der Waals surface area contributed by atoms with Gasteiger partial charge in [0.1, 0.15) is 5.82 Å². The molecule has 1 N–H and O–H groups in total. The van der Waals surface area contributed by atoms with E-state index in [2.05, 4.69) is 44.2 Å². The second-order valence-corrected chi connectivity index (χ2v) is 4.74. The third kappa shape index (κ3) is 2.73. The maximum Gasteiger partial charge on any atom is 0.130 e. The summed E-state index contributed by atoms with van der Waals surface area (Å²) in [5.41, 5.74) is 1.11. The average molecular weight is 295 g/mol. The summed E-state index contributed by atoms with van der Waals surface area (Å²) in [6.07, 6.45) is 7.41. The van der Waals surface area contributed by atoms with Crippen molar-refractivity contribution in [2.45, 2.75) is 13.0 Å². The Morgan fingerprint density at radius 3 is 2.88 bits per heavy atom. The minimum Gasteiger partial charge on any atom is -0.336 e. The summed E-state index contributed by atoms with van der Waals surface area (Å²) in [5.74, 6) is 0.992. The maximum atomic E-state index is 4.40. The molecule has 0 radical (unpaired) electrons. The number of nitrogens with one attached hydrogen (secondary N) is 1. The van der Waals surface area contributed by atoms with Crippen molar-refractivity contribution < 1.29 is 0 Å². The molecule has 0 aliphatic heterocycles. The van der Waals surface area contributed by atoms with Gasteiger partial charge in [0.05, 0.1) is 6.04 Å². The minimum absolute atomic E-state index is 0.0741. The number of halogens is 1. The van der Waals surface area contributed by atoms with Crippen molar-refractivity contribution >= 4 is 15.9 Å². The first-order valence-electron chi connectivity index (χ1n) is 5.53. The number of aromatic nitrogens is 3. The van der Waals surface area contributed by atoms with Crippen LogP contribution in [0.1, 0.15) is 24.4 Å². The molecule has 17 heavy (non-hydrogen) atoms. The van der Waals surface area contributed by atoms with E-state index in [1.165, 1.54) is 0 Å². The smallest absolute Gasteiger partial charge is 0.130 e. The van der Waals surface area contributed by atoms with Gasteiger partial charge in [-0.2, -0.15) is 0 Å². The van der Waals surface area contributed by atoms with Gasteiger partial charge in [-0.25, -0.2) is 4.98 Å². The molecule has 0 fully saturated rings. The Labute approximate surface area is 109 Å². The number of imidazole rings is 1. The molecular formula is C12H15BrN4. The molecule has 0 saturated heterocycles. The Bertz CT molecular complexity index is 495. The van der Waals surface area contributed by atoms with Crippen LogP contribution >= 0.6 is 15.9 Å². The lowest BCUT2D eigenvalue weighted by Crippen LogP contribution is -2.24. The van der Waals surface area contributed by atoms with Gasteiger partial charge in [0.15, 0.2) is 0 Å². The van der Waals surface area contributed by atoms with Gasteiger partial charge in [-0.15, -0.1) is 0 Å². The van der Waals surface area contributed by atoms with Crippen LogP contribution in [0.2, 0.25) is 0 Å². The van der Waals surface area contributed by atoms with Crippen LogP contribution in [0.5, 0.6) is 0 Å². The first kappa shape index (κ1) is 12.3. The molecule has 1 unspecified atom stereocenters. The lowest BCUT2D eigenvalue weighted by atomic mass is 10.1. The van der Waals surface area contributed by atoms with Crippen molar-refractivity contribution in [1.82, 2.24) is 19.9 Å². The predicted molar refractivity (Wildman–Crippen MR) is 70.7 cm³/mol. The molecule has 90 valence electrons. The molecule has 1 atom stereocenters. The minimum atomic E-state index is 0.0741. The van der Waals surface area contributed by atoms with Crippen LogP contribution in [0.4, 0.5) is 0 Å². The van der Waals surface area contributed by atoms with Gasteiger partial charge in [0.2, 0.25) is 0 Å². The zero-order chi connectivity index (χ0) is 12.3. The molecule has 4 nitrogen and oxygen atoms in total. The molecule has 0 aliphatic carbocycles. The molecule has 2 aromatic heterocycles. The zero-order valence-corrected chi connectivity index (χ0v) is 11.5. The standard InChI is InChI=1S/C12H15BrN4/c1-3-15-11(12-16-4-5-17(12)2)9-6-10(13)8-14-7-9/h4-8,11,15H,3H2,1-2H3. The molecule has 0 amide bonds. The topological polar surface area (TPSA) is 42.7 Å². The van der Waals surface area contributed by atoms with Gasteiger partial charge >= 0.3 is 0 Å². The maximum absolute atomic E-state index is 4.40. The fraction of sp³-hybridized carbons (Fsp3) is 0.333. The second kappa shape index (κ2) is 5.42. The highest BCUT2D eigenvalue weighted by Crippen LogP contribution is 2.22. The summed E-state index contributed by atoms with van der Waals surface area (Å²) in [7, 11) is 2.00. The Morgan fingerprint density at radius 1 is 1.47 bits per heavy atom. The van der Waals surface area contributed by atoms with E-state index in [1.54, 1.807) is 6.20 Å². The lowest BCUT2D eigenvalue weighted by Gasteiger charge is -2.17. The zero-order valence-electron chi connectivity index (χ0n) is 9.89. The highest BCUT2D eigenvalue weighted by atomic mass is 79.9. The number of nitrogens with zero attached hydrogens (tertiary/aromatic N) is 3. The molecule has 2 aromatic rings. The molecule has 0 spiro atoms. The third-order valence-electron chi connectivity index (χ3n) is 2.58. The van der Waals surface area contributed by atoms with E-state index in [0.717, 1.165) is 22.4 Å². The van der Waals surface area contributed by atoms with E-state index in [1.807, 2.05) is 30.2 Å². The quantitative estimate of drug-likeness (QED) is 0.941. The molecule has 0 saturated carbocycles. The summed E-state index contributed by atoms with van der Waals surface area (Å²) in [6.45, 7) is 2.96. The Kier molecular flexibility index (Phi) is 3.91. The van der Waals surface area contributed by atoms with Crippen molar-refractivity contribution in [3.05, 3.63) is 46.7 Å². The summed E-state index contributed by atoms with van der Waals surface area (Å²) in [6, 6.07) is 2.14. The van der Waals surface area contributed by atoms with Gasteiger partial charge < -0.3 is 9.88 Å². The first-order valence-corrected chi connectivity index (χ1v) is 6.32. The molecule has 5 heteroatoms. The van der Waals surface area contributed by atoms with Gasteiger partial charge in [-0.1, -0.05) is 6.92 Å². The van der Waals surface area contributed by atoms with Crippen LogP contribution in [0, 0.1) is 0 Å². The second-order valence-electron chi connectivity index (χ2n) is 3.82. The van der Waals surface area contributed by atoms with Crippen molar-refractivity contribution in [1.29, 1.82) is 0 Å². The van der Waals surface area contributed by atoms with E-state index in [0.29, 0.717) is 0 Å². The number of pyridine rings is 1. The Hall–Kier alpha value is -1.20. The van der Waals surface area contributed by atoms with Gasteiger partial charge in [-0.3, -0.25) is 4.98 Å². The first-order chi connectivity index (χ1) is 8.22. The number of rotatable bonds is 4. The highest BCUT2D eigenvalue weighted by molar-refractivity contribution is 9.10. The van der Waals surface area contributed by atoms with Crippen LogP contribution in [0.15, 0.2) is 35.3 Å². The van der Waals surface area contributed by atoms with Gasteiger partial charge in [-0.05, 0) is 34.1 Å². The van der Waals surface area contributed by atoms with Crippen molar-refractivity contribution in [2.24, 2.45) is 7.05 Å². The number of hydrogen-bond acceptors (Lipinski definition) is 3. The normalized spacial score (nSPS) is 12.6. The van der Waals surface area contributed by atoms with E-state index >= 15 is 0 Å². The molecular weight excluding hydrogens is 280 g/mol. The van der Waals surface area contributed by atoms with Crippen LogP contribution in [-0.4, -0.2) is 21.1 Å². The molecule has 0 aliphatic rings.